The van der Waals surface area contributed by atoms with E-state index in [-0.39, 0.29) is 6.61 Å². The molecule has 34 heavy (non-hydrogen) atoms. The molecule has 2 N–H and O–H groups in total. The van der Waals surface area contributed by atoms with Crippen molar-refractivity contribution >= 4 is 29.5 Å². The van der Waals surface area contributed by atoms with E-state index < -0.39 is 35.9 Å². The zero-order valence-electron chi connectivity index (χ0n) is 18.5. The van der Waals surface area contributed by atoms with Crippen molar-refractivity contribution in [3.63, 3.8) is 0 Å². The number of hydrogen-bond donors (Lipinski definition) is 2. The second-order valence-electron chi connectivity index (χ2n) is 7.65. The van der Waals surface area contributed by atoms with Gasteiger partial charge in [0.05, 0.1) is 12.2 Å². The molecule has 3 aromatic rings. The monoisotopic (exact) mass is 457 g/mol. The number of rotatable bonds is 7. The molecule has 1 heterocycles. The van der Waals surface area contributed by atoms with E-state index in [0.717, 1.165) is 4.90 Å². The second-order valence-corrected chi connectivity index (χ2v) is 7.65. The predicted octanol–water partition coefficient (Wildman–Crippen LogP) is 3.30. The first kappa shape index (κ1) is 22.7. The van der Waals surface area contributed by atoms with E-state index in [1.165, 1.54) is 12.1 Å². The fourth-order valence-electron chi connectivity index (χ4n) is 3.90. The number of hydrogen-bond acceptors (Lipinski definition) is 5. The lowest BCUT2D eigenvalue weighted by Crippen LogP contribution is -2.45. The number of urea groups is 1. The zero-order chi connectivity index (χ0) is 24.1. The molecule has 0 unspecified atom stereocenters. The van der Waals surface area contributed by atoms with Crippen LogP contribution in [0.15, 0.2) is 84.9 Å². The van der Waals surface area contributed by atoms with E-state index >= 15 is 0 Å². The molecule has 0 bridgehead atoms. The molecule has 8 nitrogen and oxygen atoms in total. The molecule has 0 aliphatic carbocycles. The number of benzene rings is 3. The molecule has 1 aliphatic rings. The maximum Gasteiger partial charge on any atom is 0.338 e. The van der Waals surface area contributed by atoms with Gasteiger partial charge in [0.15, 0.2) is 5.54 Å². The molecule has 1 fully saturated rings. The van der Waals surface area contributed by atoms with Crippen LogP contribution in [0.3, 0.4) is 0 Å². The van der Waals surface area contributed by atoms with Gasteiger partial charge in [-0.05, 0) is 42.3 Å². The summed E-state index contributed by atoms with van der Waals surface area (Å²) in [4.78, 5) is 51.9. The van der Waals surface area contributed by atoms with Crippen LogP contribution in [-0.4, -0.2) is 41.9 Å². The van der Waals surface area contributed by atoms with Crippen molar-refractivity contribution in [3.05, 3.63) is 102 Å². The Morgan fingerprint density at radius 2 is 1.44 bits per heavy atom. The summed E-state index contributed by atoms with van der Waals surface area (Å²) in [5, 5.41) is 5.46. The van der Waals surface area contributed by atoms with Gasteiger partial charge < -0.3 is 15.4 Å². The Balaban J connectivity index is 1.54. The molecule has 4 rings (SSSR count). The fourth-order valence-corrected chi connectivity index (χ4v) is 3.90. The van der Waals surface area contributed by atoms with Gasteiger partial charge in [0, 0.05) is 5.69 Å². The van der Waals surface area contributed by atoms with Gasteiger partial charge in [-0.15, -0.1) is 0 Å². The van der Waals surface area contributed by atoms with E-state index in [4.69, 9.17) is 4.74 Å². The highest BCUT2D eigenvalue weighted by molar-refractivity contribution is 6.12. The number of ether oxygens (including phenoxy) is 1. The van der Waals surface area contributed by atoms with E-state index in [1.54, 1.807) is 67.6 Å². The average Bonchev–Trinajstić information content (AvgIpc) is 3.11. The smallest absolute Gasteiger partial charge is 0.338 e. The lowest BCUT2D eigenvalue weighted by atomic mass is 9.82. The summed E-state index contributed by atoms with van der Waals surface area (Å²) in [5.41, 5.74) is 0.530. The fraction of sp³-hybridized carbons (Fsp3) is 0.154. The molecule has 4 amide bonds. The number of amides is 4. The van der Waals surface area contributed by atoms with Crippen molar-refractivity contribution in [2.24, 2.45) is 0 Å². The van der Waals surface area contributed by atoms with Crippen LogP contribution in [0.4, 0.5) is 10.5 Å². The first-order valence-corrected chi connectivity index (χ1v) is 10.8. The summed E-state index contributed by atoms with van der Waals surface area (Å²) in [6, 6.07) is 23.3. The maximum atomic E-state index is 13.6. The Morgan fingerprint density at radius 3 is 1.97 bits per heavy atom. The van der Waals surface area contributed by atoms with Crippen molar-refractivity contribution in [3.8, 4) is 0 Å². The number of nitrogens with zero attached hydrogens (tertiary/aromatic N) is 1. The average molecular weight is 457 g/mol. The molecule has 0 aromatic heterocycles. The van der Waals surface area contributed by atoms with Crippen LogP contribution in [0, 0.1) is 0 Å². The van der Waals surface area contributed by atoms with Crippen LogP contribution in [0.5, 0.6) is 0 Å². The molecule has 0 saturated carbocycles. The Hall–Kier alpha value is -4.46. The molecule has 3 aromatic carbocycles. The van der Waals surface area contributed by atoms with Gasteiger partial charge in [-0.1, -0.05) is 60.7 Å². The number of esters is 1. The van der Waals surface area contributed by atoms with E-state index in [0.29, 0.717) is 22.4 Å². The van der Waals surface area contributed by atoms with Crippen molar-refractivity contribution in [2.75, 3.05) is 18.5 Å². The van der Waals surface area contributed by atoms with Gasteiger partial charge in [0.1, 0.15) is 6.54 Å². The second kappa shape index (κ2) is 9.58. The third-order valence-electron chi connectivity index (χ3n) is 5.50. The molecule has 1 aliphatic heterocycles. The zero-order valence-corrected chi connectivity index (χ0v) is 18.5. The number of anilines is 1. The maximum absolute atomic E-state index is 13.6. The summed E-state index contributed by atoms with van der Waals surface area (Å²) in [6.45, 7) is 1.51. The molecule has 0 radical (unpaired) electrons. The molecule has 172 valence electrons. The normalized spacial score (nSPS) is 14.4. The quantitative estimate of drug-likeness (QED) is 0.418. The lowest BCUT2D eigenvalue weighted by molar-refractivity contribution is -0.133. The molecule has 1 saturated heterocycles. The number of carbonyl (C=O) groups is 4. The molecule has 8 heteroatoms. The Labute approximate surface area is 196 Å². The van der Waals surface area contributed by atoms with Crippen LogP contribution in [-0.2, 0) is 19.9 Å². The van der Waals surface area contributed by atoms with Crippen molar-refractivity contribution < 1.29 is 23.9 Å². The van der Waals surface area contributed by atoms with E-state index in [1.807, 2.05) is 12.1 Å². The topological polar surface area (TPSA) is 105 Å². The van der Waals surface area contributed by atoms with E-state index in [2.05, 4.69) is 10.6 Å². The third kappa shape index (κ3) is 4.25. The molecule has 0 spiro atoms. The van der Waals surface area contributed by atoms with Gasteiger partial charge in [-0.3, -0.25) is 14.5 Å². The van der Waals surface area contributed by atoms with Crippen molar-refractivity contribution in [1.82, 2.24) is 10.2 Å². The summed E-state index contributed by atoms with van der Waals surface area (Å²) in [6.07, 6.45) is 0. The summed E-state index contributed by atoms with van der Waals surface area (Å²) >= 11 is 0. The van der Waals surface area contributed by atoms with Gasteiger partial charge in [0.25, 0.3) is 5.91 Å². The Bertz CT molecular complexity index is 1170. The lowest BCUT2D eigenvalue weighted by Gasteiger charge is -2.28. The number of imide groups is 1. The molecular weight excluding hydrogens is 434 g/mol. The molecular formula is C26H23N3O5. The highest BCUT2D eigenvalue weighted by atomic mass is 16.5. The van der Waals surface area contributed by atoms with Crippen molar-refractivity contribution in [1.29, 1.82) is 0 Å². The van der Waals surface area contributed by atoms with Gasteiger partial charge >= 0.3 is 12.0 Å². The summed E-state index contributed by atoms with van der Waals surface area (Å²) < 4.78 is 4.94. The summed E-state index contributed by atoms with van der Waals surface area (Å²) in [7, 11) is 0. The molecule has 0 atom stereocenters. The van der Waals surface area contributed by atoms with Crippen LogP contribution in [0.2, 0.25) is 0 Å². The standard InChI is InChI=1S/C26H23N3O5/c1-2-34-23(31)18-13-15-21(16-14-18)27-22(30)17-29-24(32)26(28-25(29)33,19-9-5-3-6-10-19)20-11-7-4-8-12-20/h3-16H,2,17H2,1H3,(H,27,30)(H,28,33). The highest BCUT2D eigenvalue weighted by Crippen LogP contribution is 2.35. The minimum atomic E-state index is -1.43. The largest absolute Gasteiger partial charge is 0.462 e. The van der Waals surface area contributed by atoms with Crippen LogP contribution in [0.1, 0.15) is 28.4 Å². The Kier molecular flexibility index (Phi) is 6.40. The summed E-state index contributed by atoms with van der Waals surface area (Å²) in [5.74, 6) is -1.55. The van der Waals surface area contributed by atoms with E-state index in [9.17, 15) is 19.2 Å². The minimum absolute atomic E-state index is 0.261. The van der Waals surface area contributed by atoms with Crippen LogP contribution in [0.25, 0.3) is 0 Å². The first-order chi connectivity index (χ1) is 16.5. The van der Waals surface area contributed by atoms with Gasteiger partial charge in [0.2, 0.25) is 5.91 Å². The van der Waals surface area contributed by atoms with Gasteiger partial charge in [-0.25, -0.2) is 9.59 Å². The van der Waals surface area contributed by atoms with Gasteiger partial charge in [-0.2, -0.15) is 0 Å². The highest BCUT2D eigenvalue weighted by Gasteiger charge is 2.54. The van der Waals surface area contributed by atoms with Crippen LogP contribution >= 0.6 is 0 Å². The predicted molar refractivity (Wildman–Crippen MR) is 125 cm³/mol. The third-order valence-corrected chi connectivity index (χ3v) is 5.50. The SMILES string of the molecule is CCOC(=O)c1ccc(NC(=O)CN2C(=O)NC(c3ccccc3)(c3ccccc3)C2=O)cc1. The first-order valence-electron chi connectivity index (χ1n) is 10.8. The Morgan fingerprint density at radius 1 is 0.882 bits per heavy atom. The number of carbonyl (C=O) groups excluding carboxylic acids is 4. The number of nitrogens with one attached hydrogen (secondary N) is 2. The van der Waals surface area contributed by atoms with Crippen molar-refractivity contribution in [2.45, 2.75) is 12.5 Å². The minimum Gasteiger partial charge on any atom is -0.462 e. The van der Waals surface area contributed by atoms with Crippen LogP contribution < -0.4 is 10.6 Å².